The van der Waals surface area contributed by atoms with Crippen LogP contribution in [-0.4, -0.2) is 65.7 Å². The summed E-state index contributed by atoms with van der Waals surface area (Å²) in [6.07, 6.45) is 6.75. The molecule has 2 saturated heterocycles. The van der Waals surface area contributed by atoms with Crippen LogP contribution in [0.15, 0.2) is 12.4 Å². The predicted octanol–water partition coefficient (Wildman–Crippen LogP) is 2.06. The topological polar surface area (TPSA) is 87.7 Å². The van der Waals surface area contributed by atoms with Gasteiger partial charge in [0.2, 0.25) is 5.95 Å². The summed E-state index contributed by atoms with van der Waals surface area (Å²) in [7, 11) is 0. The van der Waals surface area contributed by atoms with E-state index in [2.05, 4.69) is 27.1 Å². The molecule has 2 aliphatic rings. The van der Waals surface area contributed by atoms with Crippen LogP contribution < -0.4 is 10.2 Å². The van der Waals surface area contributed by atoms with E-state index in [1.54, 1.807) is 24.2 Å². The molecule has 0 saturated carbocycles. The number of aromatic nitrogens is 2. The molecule has 3 rings (SSSR count). The van der Waals surface area contributed by atoms with Crippen LogP contribution in [0.5, 0.6) is 0 Å². The van der Waals surface area contributed by atoms with Crippen LogP contribution in [0.1, 0.15) is 49.9 Å². The van der Waals surface area contributed by atoms with Gasteiger partial charge in [0.1, 0.15) is 0 Å². The number of carbonyl (C=O) groups is 2. The molecule has 0 radical (unpaired) electrons. The number of nitrogens with zero attached hydrogens (tertiary/aromatic N) is 4. The third-order valence-corrected chi connectivity index (χ3v) is 5.20. The number of ether oxygens (including phenoxy) is 1. The van der Waals surface area contributed by atoms with Gasteiger partial charge in [0.15, 0.2) is 0 Å². The van der Waals surface area contributed by atoms with Crippen molar-refractivity contribution >= 4 is 17.9 Å². The Balaban J connectivity index is 1.49. The van der Waals surface area contributed by atoms with Crippen LogP contribution in [0.3, 0.4) is 0 Å². The van der Waals surface area contributed by atoms with E-state index in [9.17, 15) is 9.59 Å². The quantitative estimate of drug-likeness (QED) is 0.867. The summed E-state index contributed by atoms with van der Waals surface area (Å²) in [6.45, 7) is 7.52. The maximum atomic E-state index is 12.5. The van der Waals surface area contributed by atoms with Crippen molar-refractivity contribution in [3.05, 3.63) is 18.0 Å². The van der Waals surface area contributed by atoms with E-state index < -0.39 is 0 Å². The number of likely N-dealkylation sites (tertiary alicyclic amines) is 1. The first-order valence-corrected chi connectivity index (χ1v) is 9.86. The summed E-state index contributed by atoms with van der Waals surface area (Å²) in [5, 5.41) is 3.02. The van der Waals surface area contributed by atoms with Crippen molar-refractivity contribution in [1.82, 2.24) is 20.2 Å². The number of carbonyl (C=O) groups excluding carboxylic acids is 2. The summed E-state index contributed by atoms with van der Waals surface area (Å²) in [5.41, 5.74) is 0.469. The van der Waals surface area contributed by atoms with E-state index in [0.717, 1.165) is 32.4 Å². The van der Waals surface area contributed by atoms with Gasteiger partial charge in [0, 0.05) is 44.6 Å². The Labute approximate surface area is 160 Å². The molecule has 2 amide bonds. The first kappa shape index (κ1) is 19.4. The number of amides is 2. The maximum Gasteiger partial charge on any atom is 0.409 e. The van der Waals surface area contributed by atoms with Gasteiger partial charge < -0.3 is 19.9 Å². The molecule has 2 fully saturated rings. The number of piperidine rings is 2. The fraction of sp³-hybridized carbons (Fsp3) is 0.684. The van der Waals surface area contributed by atoms with Crippen molar-refractivity contribution < 1.29 is 14.3 Å². The van der Waals surface area contributed by atoms with Gasteiger partial charge >= 0.3 is 6.09 Å². The van der Waals surface area contributed by atoms with Crippen LogP contribution in [0, 0.1) is 5.92 Å². The van der Waals surface area contributed by atoms with Gasteiger partial charge in [-0.3, -0.25) is 4.79 Å². The Hall–Kier alpha value is -2.38. The van der Waals surface area contributed by atoms with Crippen molar-refractivity contribution in [2.24, 2.45) is 5.92 Å². The Morgan fingerprint density at radius 2 is 1.89 bits per heavy atom. The fourth-order valence-corrected chi connectivity index (χ4v) is 3.66. The lowest BCUT2D eigenvalue weighted by molar-refractivity contribution is 0.0859. The van der Waals surface area contributed by atoms with Crippen molar-refractivity contribution in [3.63, 3.8) is 0 Å². The molecule has 1 aromatic rings. The van der Waals surface area contributed by atoms with Crippen LogP contribution in [0.4, 0.5) is 10.7 Å². The summed E-state index contributed by atoms with van der Waals surface area (Å²) in [6, 6.07) is 0.0470. The van der Waals surface area contributed by atoms with E-state index in [1.165, 1.54) is 6.42 Å². The minimum atomic E-state index is -0.279. The van der Waals surface area contributed by atoms with E-state index in [0.29, 0.717) is 37.1 Å². The second-order valence-electron chi connectivity index (χ2n) is 7.40. The molecular weight excluding hydrogens is 346 g/mol. The normalized spacial score (nSPS) is 21.0. The van der Waals surface area contributed by atoms with E-state index >= 15 is 0 Å². The lowest BCUT2D eigenvalue weighted by atomic mass is 10.0. The van der Waals surface area contributed by atoms with Crippen molar-refractivity contribution in [2.45, 2.75) is 45.6 Å². The lowest BCUT2D eigenvalue weighted by Gasteiger charge is -2.31. The molecule has 1 N–H and O–H groups in total. The number of nitrogens with one attached hydrogen (secondary N) is 1. The van der Waals surface area contributed by atoms with E-state index in [4.69, 9.17) is 4.74 Å². The van der Waals surface area contributed by atoms with Gasteiger partial charge in [-0.2, -0.15) is 0 Å². The third-order valence-electron chi connectivity index (χ3n) is 5.20. The molecule has 1 unspecified atom stereocenters. The second kappa shape index (κ2) is 9.01. The highest BCUT2D eigenvalue weighted by Crippen LogP contribution is 2.19. The molecule has 0 spiro atoms. The minimum Gasteiger partial charge on any atom is -0.450 e. The van der Waals surface area contributed by atoms with E-state index in [1.807, 2.05) is 0 Å². The van der Waals surface area contributed by atoms with E-state index in [-0.39, 0.29) is 18.0 Å². The smallest absolute Gasteiger partial charge is 0.409 e. The molecule has 0 aromatic carbocycles. The monoisotopic (exact) mass is 375 g/mol. The number of hydrogen-bond donors (Lipinski definition) is 1. The summed E-state index contributed by atoms with van der Waals surface area (Å²) in [5.74, 6) is 1.18. The number of rotatable bonds is 4. The molecule has 27 heavy (non-hydrogen) atoms. The van der Waals surface area contributed by atoms with Crippen molar-refractivity contribution in [3.8, 4) is 0 Å². The van der Waals surface area contributed by atoms with Gasteiger partial charge in [0.25, 0.3) is 5.91 Å². The van der Waals surface area contributed by atoms with Crippen LogP contribution in [-0.2, 0) is 4.74 Å². The lowest BCUT2D eigenvalue weighted by Crippen LogP contribution is -2.46. The standard InChI is InChI=1S/C19H29N5O3/c1-3-27-19(26)23-9-6-16(7-10-23)22-17(25)15-11-20-18(21-12-15)24-8-4-5-14(2)13-24/h11-12,14,16H,3-10,13H2,1-2H3,(H,22,25). The van der Waals surface area contributed by atoms with Gasteiger partial charge in [-0.1, -0.05) is 6.92 Å². The first-order valence-electron chi connectivity index (χ1n) is 9.86. The average molecular weight is 375 g/mol. The molecule has 2 aliphatic heterocycles. The average Bonchev–Trinajstić information content (AvgIpc) is 2.69. The zero-order valence-corrected chi connectivity index (χ0v) is 16.2. The second-order valence-corrected chi connectivity index (χ2v) is 7.40. The largest absolute Gasteiger partial charge is 0.450 e. The van der Waals surface area contributed by atoms with Crippen LogP contribution in [0.2, 0.25) is 0 Å². The summed E-state index contributed by atoms with van der Waals surface area (Å²) in [4.78, 5) is 36.8. The molecule has 1 atom stereocenters. The molecule has 1 aromatic heterocycles. The zero-order valence-electron chi connectivity index (χ0n) is 16.2. The van der Waals surface area contributed by atoms with Gasteiger partial charge in [0.05, 0.1) is 12.2 Å². The highest BCUT2D eigenvalue weighted by atomic mass is 16.6. The molecule has 148 valence electrons. The fourth-order valence-electron chi connectivity index (χ4n) is 3.66. The number of hydrogen-bond acceptors (Lipinski definition) is 6. The molecule has 8 heteroatoms. The van der Waals surface area contributed by atoms with Crippen LogP contribution in [0.25, 0.3) is 0 Å². The van der Waals surface area contributed by atoms with Gasteiger partial charge in [-0.25, -0.2) is 14.8 Å². The molecule has 0 aliphatic carbocycles. The Bertz CT molecular complexity index is 643. The van der Waals surface area contributed by atoms with Crippen LogP contribution >= 0.6 is 0 Å². The third kappa shape index (κ3) is 5.08. The molecule has 0 bridgehead atoms. The number of anilines is 1. The summed E-state index contributed by atoms with van der Waals surface area (Å²) >= 11 is 0. The highest BCUT2D eigenvalue weighted by Gasteiger charge is 2.25. The maximum absolute atomic E-state index is 12.5. The Kier molecular flexibility index (Phi) is 6.47. The predicted molar refractivity (Wildman–Crippen MR) is 102 cm³/mol. The molecule has 8 nitrogen and oxygen atoms in total. The van der Waals surface area contributed by atoms with Gasteiger partial charge in [-0.15, -0.1) is 0 Å². The molecule has 3 heterocycles. The minimum absolute atomic E-state index is 0.0470. The Morgan fingerprint density at radius 3 is 2.52 bits per heavy atom. The SMILES string of the molecule is CCOC(=O)N1CCC(NC(=O)c2cnc(N3CCCC(C)C3)nc2)CC1. The molecular formula is C19H29N5O3. The summed E-state index contributed by atoms with van der Waals surface area (Å²) < 4.78 is 5.01. The van der Waals surface area contributed by atoms with Crippen molar-refractivity contribution in [2.75, 3.05) is 37.7 Å². The zero-order chi connectivity index (χ0) is 19.2. The van der Waals surface area contributed by atoms with Crippen molar-refractivity contribution in [1.29, 1.82) is 0 Å². The first-order chi connectivity index (χ1) is 13.1. The Morgan fingerprint density at radius 1 is 1.19 bits per heavy atom. The van der Waals surface area contributed by atoms with Gasteiger partial charge in [-0.05, 0) is 38.5 Å². The highest BCUT2D eigenvalue weighted by molar-refractivity contribution is 5.93.